The molecule has 1 aliphatic carbocycles. The highest BCUT2D eigenvalue weighted by Crippen LogP contribution is 2.53. The lowest BCUT2D eigenvalue weighted by Gasteiger charge is -2.23. The second-order valence-corrected chi connectivity index (χ2v) is 11.1. The summed E-state index contributed by atoms with van der Waals surface area (Å²) in [6.45, 7) is 4.71. The Morgan fingerprint density at radius 3 is 1.73 bits per heavy atom. The van der Waals surface area contributed by atoms with Gasteiger partial charge in [-0.25, -0.2) is 0 Å². The van der Waals surface area contributed by atoms with Crippen molar-refractivity contribution in [3.8, 4) is 44.5 Å². The molecule has 0 aliphatic heterocycles. The fourth-order valence-electron chi connectivity index (χ4n) is 6.29. The summed E-state index contributed by atoms with van der Waals surface area (Å²) in [7, 11) is 0. The summed E-state index contributed by atoms with van der Waals surface area (Å²) >= 11 is 0. The Balaban J connectivity index is 1.33. The van der Waals surface area contributed by atoms with E-state index in [2.05, 4.69) is 165 Å². The van der Waals surface area contributed by atoms with Gasteiger partial charge in [0.05, 0.1) is 0 Å². The van der Waals surface area contributed by atoms with Gasteiger partial charge in [0.25, 0.3) is 0 Å². The van der Waals surface area contributed by atoms with Gasteiger partial charge in [0.2, 0.25) is 0 Å². The molecule has 0 saturated carbocycles. The fourth-order valence-corrected chi connectivity index (χ4v) is 6.29. The Bertz CT molecular complexity index is 1830. The van der Waals surface area contributed by atoms with Gasteiger partial charge in [-0.05, 0) is 68.3 Å². The van der Waals surface area contributed by atoms with E-state index in [0.29, 0.717) is 0 Å². The number of hydrogen-bond donors (Lipinski definition) is 1. The van der Waals surface area contributed by atoms with Crippen LogP contribution in [0.4, 0.5) is 11.4 Å². The SMILES string of the molecule is CC1(C)c2cc(Nc3ccccc3-c3ccccc3)ccc2-c2c(-c3ccccc3-c3ccccc3)cccc21. The smallest absolute Gasteiger partial charge is 0.0463 e. The van der Waals surface area contributed by atoms with E-state index in [4.69, 9.17) is 0 Å². The monoisotopic (exact) mass is 513 g/mol. The van der Waals surface area contributed by atoms with Crippen LogP contribution in [0, 0.1) is 0 Å². The highest BCUT2D eigenvalue weighted by molar-refractivity contribution is 5.97. The third-order valence-electron chi connectivity index (χ3n) is 8.29. The maximum atomic E-state index is 3.74. The van der Waals surface area contributed by atoms with Gasteiger partial charge < -0.3 is 5.32 Å². The van der Waals surface area contributed by atoms with Gasteiger partial charge in [-0.1, -0.05) is 141 Å². The molecule has 7 rings (SSSR count). The molecule has 1 heteroatoms. The molecule has 0 radical (unpaired) electrons. The first kappa shape index (κ1) is 24.2. The third kappa shape index (κ3) is 4.03. The molecule has 192 valence electrons. The molecule has 1 aliphatic rings. The van der Waals surface area contributed by atoms with Crippen LogP contribution in [0.5, 0.6) is 0 Å². The minimum absolute atomic E-state index is 0.112. The van der Waals surface area contributed by atoms with Crippen LogP contribution in [0.25, 0.3) is 44.5 Å². The minimum Gasteiger partial charge on any atom is -0.355 e. The van der Waals surface area contributed by atoms with E-state index in [9.17, 15) is 0 Å². The van der Waals surface area contributed by atoms with Crippen LogP contribution >= 0.6 is 0 Å². The molecule has 0 aromatic heterocycles. The molecule has 0 heterocycles. The Morgan fingerprint density at radius 2 is 1.00 bits per heavy atom. The van der Waals surface area contributed by atoms with Crippen molar-refractivity contribution < 1.29 is 0 Å². The maximum absolute atomic E-state index is 3.74. The second-order valence-electron chi connectivity index (χ2n) is 11.1. The molecular weight excluding hydrogens is 482 g/mol. The van der Waals surface area contributed by atoms with Crippen molar-refractivity contribution in [1.29, 1.82) is 0 Å². The molecule has 0 amide bonds. The van der Waals surface area contributed by atoms with E-state index in [0.717, 1.165) is 11.4 Å². The third-order valence-corrected chi connectivity index (χ3v) is 8.29. The Morgan fingerprint density at radius 1 is 0.425 bits per heavy atom. The van der Waals surface area contributed by atoms with Crippen molar-refractivity contribution in [2.75, 3.05) is 5.32 Å². The molecule has 6 aromatic rings. The van der Waals surface area contributed by atoms with Gasteiger partial charge >= 0.3 is 0 Å². The van der Waals surface area contributed by atoms with Gasteiger partial charge in [0, 0.05) is 22.4 Å². The predicted molar refractivity (Wildman–Crippen MR) is 170 cm³/mol. The molecule has 1 N–H and O–H groups in total. The van der Waals surface area contributed by atoms with Gasteiger partial charge in [-0.15, -0.1) is 0 Å². The number of nitrogens with one attached hydrogen (secondary N) is 1. The summed E-state index contributed by atoms with van der Waals surface area (Å²) in [4.78, 5) is 0. The Labute approximate surface area is 236 Å². The van der Waals surface area contributed by atoms with Crippen molar-refractivity contribution in [3.63, 3.8) is 0 Å². The maximum Gasteiger partial charge on any atom is 0.0463 e. The number of anilines is 2. The van der Waals surface area contributed by atoms with Crippen LogP contribution in [0.1, 0.15) is 25.0 Å². The van der Waals surface area contributed by atoms with Gasteiger partial charge in [-0.3, -0.25) is 0 Å². The molecule has 0 unspecified atom stereocenters. The average molecular weight is 514 g/mol. The second kappa shape index (κ2) is 9.70. The fraction of sp³-hybridized carbons (Fsp3) is 0.0769. The normalized spacial score (nSPS) is 12.9. The highest BCUT2D eigenvalue weighted by Gasteiger charge is 2.37. The van der Waals surface area contributed by atoms with Gasteiger partial charge in [0.1, 0.15) is 0 Å². The number of hydrogen-bond acceptors (Lipinski definition) is 1. The number of para-hydroxylation sites is 1. The van der Waals surface area contributed by atoms with Crippen molar-refractivity contribution in [3.05, 3.63) is 157 Å². The van der Waals surface area contributed by atoms with E-state index in [1.54, 1.807) is 0 Å². The molecule has 40 heavy (non-hydrogen) atoms. The number of benzene rings is 6. The molecular formula is C39H31N. The van der Waals surface area contributed by atoms with Crippen LogP contribution in [-0.2, 0) is 5.41 Å². The lowest BCUT2D eigenvalue weighted by Crippen LogP contribution is -2.15. The average Bonchev–Trinajstić information content (AvgIpc) is 3.24. The first-order valence-electron chi connectivity index (χ1n) is 14.0. The Kier molecular flexibility index (Phi) is 5.86. The number of fused-ring (bicyclic) bond motifs is 3. The molecule has 0 fully saturated rings. The summed E-state index contributed by atoms with van der Waals surface area (Å²) in [6.07, 6.45) is 0. The van der Waals surface area contributed by atoms with E-state index >= 15 is 0 Å². The van der Waals surface area contributed by atoms with Gasteiger partial charge in [-0.2, -0.15) is 0 Å². The molecule has 0 bridgehead atoms. The van der Waals surface area contributed by atoms with Crippen LogP contribution < -0.4 is 5.32 Å². The summed E-state index contributed by atoms with van der Waals surface area (Å²) in [6, 6.07) is 52.3. The van der Waals surface area contributed by atoms with Crippen molar-refractivity contribution in [1.82, 2.24) is 0 Å². The van der Waals surface area contributed by atoms with Gasteiger partial charge in [0.15, 0.2) is 0 Å². The summed E-state index contributed by atoms with van der Waals surface area (Å²) in [5, 5.41) is 3.74. The van der Waals surface area contributed by atoms with E-state index < -0.39 is 0 Å². The van der Waals surface area contributed by atoms with Crippen LogP contribution in [0.2, 0.25) is 0 Å². The van der Waals surface area contributed by atoms with Crippen molar-refractivity contribution >= 4 is 11.4 Å². The van der Waals surface area contributed by atoms with Crippen molar-refractivity contribution in [2.24, 2.45) is 0 Å². The Hall–Kier alpha value is -4.88. The summed E-state index contributed by atoms with van der Waals surface area (Å²) < 4.78 is 0. The first-order chi connectivity index (χ1) is 19.6. The summed E-state index contributed by atoms with van der Waals surface area (Å²) in [5.41, 5.74) is 15.0. The topological polar surface area (TPSA) is 12.0 Å². The molecule has 0 saturated heterocycles. The zero-order chi connectivity index (χ0) is 27.1. The molecule has 0 atom stereocenters. The van der Waals surface area contributed by atoms with E-state index in [1.807, 2.05) is 0 Å². The van der Waals surface area contributed by atoms with Crippen LogP contribution in [0.3, 0.4) is 0 Å². The van der Waals surface area contributed by atoms with E-state index in [-0.39, 0.29) is 5.41 Å². The van der Waals surface area contributed by atoms with E-state index in [1.165, 1.54) is 55.6 Å². The zero-order valence-corrected chi connectivity index (χ0v) is 22.9. The van der Waals surface area contributed by atoms with Crippen LogP contribution in [0.15, 0.2) is 146 Å². The van der Waals surface area contributed by atoms with Crippen LogP contribution in [-0.4, -0.2) is 0 Å². The summed E-state index contributed by atoms with van der Waals surface area (Å²) in [5.74, 6) is 0. The lowest BCUT2D eigenvalue weighted by molar-refractivity contribution is 0.661. The quantitative estimate of drug-likeness (QED) is 0.242. The minimum atomic E-state index is -0.112. The predicted octanol–water partition coefficient (Wildman–Crippen LogP) is 10.7. The lowest BCUT2D eigenvalue weighted by atomic mass is 9.81. The van der Waals surface area contributed by atoms with Crippen molar-refractivity contribution in [2.45, 2.75) is 19.3 Å². The largest absolute Gasteiger partial charge is 0.355 e. The first-order valence-corrected chi connectivity index (χ1v) is 14.0. The highest BCUT2D eigenvalue weighted by atomic mass is 14.9. The molecule has 0 spiro atoms. The number of rotatable bonds is 5. The molecule has 6 aromatic carbocycles. The standard InChI is InChI=1S/C39H31N/c1-39(2)35-22-13-21-33(32-20-10-9-18-30(32)27-14-5-3-6-15-27)38(35)34-25-24-29(26-36(34)39)40-37-23-12-11-19-31(37)28-16-7-4-8-17-28/h3-26,40H,1-2H3. The molecule has 1 nitrogen and oxygen atoms in total. The zero-order valence-electron chi connectivity index (χ0n) is 22.9.